The molecule has 1 saturated heterocycles. The standard InChI is InChI=1S/C16H26O/c1-13(2)6-5-7-14(3)10-16(14)9-8-15(4)12(17-15)11(13)16/h11-12H,5-10H2,1-4H3/t11-,12+,14+,15-,16+/m1/s1. The first-order chi connectivity index (χ1) is 7.83. The molecule has 96 valence electrons. The van der Waals surface area contributed by atoms with E-state index in [0.717, 1.165) is 5.92 Å². The van der Waals surface area contributed by atoms with Gasteiger partial charge in [-0.3, -0.25) is 0 Å². The lowest BCUT2D eigenvalue weighted by Gasteiger charge is -2.43. The Bertz CT molecular complexity index is 387. The van der Waals surface area contributed by atoms with Gasteiger partial charge in [0.1, 0.15) is 0 Å². The fraction of sp³-hybridized carbons (Fsp3) is 1.00. The summed E-state index contributed by atoms with van der Waals surface area (Å²) in [6.07, 6.45) is 9.15. The second kappa shape index (κ2) is 2.61. The first-order valence-electron chi connectivity index (χ1n) is 7.51. The molecule has 3 aliphatic carbocycles. The maximum atomic E-state index is 6.16. The molecule has 1 aliphatic heterocycles. The van der Waals surface area contributed by atoms with Crippen molar-refractivity contribution >= 4 is 0 Å². The van der Waals surface area contributed by atoms with Crippen molar-refractivity contribution in [2.45, 2.75) is 77.9 Å². The minimum absolute atomic E-state index is 0.265. The van der Waals surface area contributed by atoms with Gasteiger partial charge in [0.15, 0.2) is 0 Å². The van der Waals surface area contributed by atoms with Crippen LogP contribution in [0.4, 0.5) is 0 Å². The van der Waals surface area contributed by atoms with E-state index in [9.17, 15) is 0 Å². The van der Waals surface area contributed by atoms with E-state index < -0.39 is 0 Å². The monoisotopic (exact) mass is 234 g/mol. The zero-order chi connectivity index (χ0) is 12.1. The Labute approximate surface area is 105 Å². The summed E-state index contributed by atoms with van der Waals surface area (Å²) in [4.78, 5) is 0. The highest BCUT2D eigenvalue weighted by Gasteiger charge is 2.78. The molecule has 1 nitrogen and oxygen atoms in total. The van der Waals surface area contributed by atoms with Crippen molar-refractivity contribution < 1.29 is 4.74 Å². The van der Waals surface area contributed by atoms with Crippen LogP contribution in [0.5, 0.6) is 0 Å². The predicted octanol–water partition coefficient (Wildman–Crippen LogP) is 4.16. The smallest absolute Gasteiger partial charge is 0.0924 e. The number of hydrogen-bond donors (Lipinski definition) is 0. The van der Waals surface area contributed by atoms with Crippen LogP contribution >= 0.6 is 0 Å². The van der Waals surface area contributed by atoms with Gasteiger partial charge in [-0.1, -0.05) is 27.2 Å². The Kier molecular flexibility index (Phi) is 1.67. The van der Waals surface area contributed by atoms with Gasteiger partial charge < -0.3 is 4.74 Å². The second-order valence-electron chi connectivity index (χ2n) is 8.56. The second-order valence-corrected chi connectivity index (χ2v) is 8.56. The predicted molar refractivity (Wildman–Crippen MR) is 68.8 cm³/mol. The van der Waals surface area contributed by atoms with Gasteiger partial charge in [0, 0.05) is 0 Å². The number of epoxide rings is 1. The third kappa shape index (κ3) is 1.11. The van der Waals surface area contributed by atoms with Gasteiger partial charge in [-0.2, -0.15) is 0 Å². The number of fused-ring (bicyclic) bond motifs is 2. The maximum Gasteiger partial charge on any atom is 0.0924 e. The average molecular weight is 234 g/mol. The van der Waals surface area contributed by atoms with Crippen LogP contribution in [0.2, 0.25) is 0 Å². The van der Waals surface area contributed by atoms with Gasteiger partial charge in [-0.25, -0.2) is 0 Å². The summed E-state index contributed by atoms with van der Waals surface area (Å²) in [6, 6.07) is 0. The molecule has 4 aliphatic rings. The fourth-order valence-corrected chi connectivity index (χ4v) is 5.91. The molecule has 3 saturated carbocycles. The van der Waals surface area contributed by atoms with Crippen LogP contribution in [0.15, 0.2) is 0 Å². The van der Waals surface area contributed by atoms with E-state index in [-0.39, 0.29) is 5.60 Å². The van der Waals surface area contributed by atoms with E-state index in [1.165, 1.54) is 38.5 Å². The molecule has 4 fully saturated rings. The largest absolute Gasteiger partial charge is 0.366 e. The summed E-state index contributed by atoms with van der Waals surface area (Å²) >= 11 is 0. The zero-order valence-corrected chi connectivity index (χ0v) is 11.8. The first-order valence-corrected chi connectivity index (χ1v) is 7.51. The summed E-state index contributed by atoms with van der Waals surface area (Å²) < 4.78 is 6.16. The Morgan fingerprint density at radius 3 is 2.47 bits per heavy atom. The highest BCUT2D eigenvalue weighted by atomic mass is 16.6. The molecule has 4 rings (SSSR count). The van der Waals surface area contributed by atoms with Crippen LogP contribution in [0.3, 0.4) is 0 Å². The van der Waals surface area contributed by atoms with Crippen LogP contribution in [0.25, 0.3) is 0 Å². The van der Waals surface area contributed by atoms with Gasteiger partial charge in [-0.05, 0) is 61.2 Å². The van der Waals surface area contributed by atoms with Gasteiger partial charge in [0.2, 0.25) is 0 Å². The molecule has 0 amide bonds. The zero-order valence-electron chi connectivity index (χ0n) is 11.8. The minimum atomic E-state index is 0.265. The van der Waals surface area contributed by atoms with E-state index in [1.807, 2.05) is 0 Å². The van der Waals surface area contributed by atoms with Crippen LogP contribution < -0.4 is 0 Å². The van der Waals surface area contributed by atoms with Crippen molar-refractivity contribution in [3.63, 3.8) is 0 Å². The summed E-state index contributed by atoms with van der Waals surface area (Å²) in [7, 11) is 0. The molecule has 0 aromatic heterocycles. The van der Waals surface area contributed by atoms with Gasteiger partial charge in [0.25, 0.3) is 0 Å². The molecule has 0 aromatic rings. The lowest BCUT2D eigenvalue weighted by atomic mass is 9.59. The summed E-state index contributed by atoms with van der Waals surface area (Å²) in [5.41, 5.74) is 2.09. The third-order valence-corrected chi connectivity index (χ3v) is 7.08. The fourth-order valence-electron chi connectivity index (χ4n) is 5.91. The first kappa shape index (κ1) is 10.8. The number of hydrogen-bond acceptors (Lipinski definition) is 1. The molecule has 0 unspecified atom stereocenters. The Morgan fingerprint density at radius 1 is 0.941 bits per heavy atom. The average Bonchev–Trinajstić information content (AvgIpc) is 3.02. The van der Waals surface area contributed by atoms with Crippen molar-refractivity contribution in [3.8, 4) is 0 Å². The molecule has 0 N–H and O–H groups in total. The quantitative estimate of drug-likeness (QED) is 0.573. The molecule has 0 radical (unpaired) electrons. The Balaban J connectivity index is 1.79. The summed E-state index contributed by atoms with van der Waals surface area (Å²) in [5.74, 6) is 0.834. The minimum Gasteiger partial charge on any atom is -0.366 e. The molecule has 1 heterocycles. The van der Waals surface area contributed by atoms with Crippen molar-refractivity contribution in [2.24, 2.45) is 22.2 Å². The SMILES string of the molecule is CC1(C)CCC[C@@]2(C)C[C@]23CC[C@@]2(C)O[C@H]2[C@H]13. The van der Waals surface area contributed by atoms with Gasteiger partial charge >= 0.3 is 0 Å². The van der Waals surface area contributed by atoms with Crippen LogP contribution in [0.1, 0.15) is 66.2 Å². The van der Waals surface area contributed by atoms with Gasteiger partial charge in [-0.15, -0.1) is 0 Å². The van der Waals surface area contributed by atoms with Gasteiger partial charge in [0.05, 0.1) is 11.7 Å². The van der Waals surface area contributed by atoms with E-state index in [4.69, 9.17) is 4.74 Å². The van der Waals surface area contributed by atoms with Crippen molar-refractivity contribution in [1.29, 1.82) is 0 Å². The van der Waals surface area contributed by atoms with E-state index in [2.05, 4.69) is 27.7 Å². The van der Waals surface area contributed by atoms with Crippen molar-refractivity contribution in [1.82, 2.24) is 0 Å². The van der Waals surface area contributed by atoms with Crippen molar-refractivity contribution in [3.05, 3.63) is 0 Å². The number of rotatable bonds is 0. The molecule has 1 heteroatoms. The molecular weight excluding hydrogens is 208 g/mol. The normalized spacial score (nSPS) is 62.8. The highest BCUT2D eigenvalue weighted by molar-refractivity contribution is 5.27. The lowest BCUT2D eigenvalue weighted by Crippen LogP contribution is -2.43. The van der Waals surface area contributed by atoms with E-state index in [1.54, 1.807) is 0 Å². The van der Waals surface area contributed by atoms with E-state index >= 15 is 0 Å². The number of ether oxygens (including phenoxy) is 1. The molecule has 5 atom stereocenters. The lowest BCUT2D eigenvalue weighted by molar-refractivity contribution is 0.0580. The molecule has 0 aromatic carbocycles. The Morgan fingerprint density at radius 2 is 1.71 bits per heavy atom. The van der Waals surface area contributed by atoms with Crippen molar-refractivity contribution in [2.75, 3.05) is 0 Å². The third-order valence-electron chi connectivity index (χ3n) is 7.08. The van der Waals surface area contributed by atoms with Crippen LogP contribution in [-0.2, 0) is 4.74 Å². The van der Waals surface area contributed by atoms with Crippen LogP contribution in [0, 0.1) is 22.2 Å². The summed E-state index contributed by atoms with van der Waals surface area (Å²) in [5, 5.41) is 0. The molecule has 17 heavy (non-hydrogen) atoms. The topological polar surface area (TPSA) is 12.5 Å². The molecule has 1 spiro atoms. The van der Waals surface area contributed by atoms with E-state index in [0.29, 0.717) is 22.3 Å². The highest BCUT2D eigenvalue weighted by Crippen LogP contribution is 2.81. The molecular formula is C16H26O. The molecule has 0 bridgehead atoms. The van der Waals surface area contributed by atoms with Crippen LogP contribution in [-0.4, -0.2) is 11.7 Å². The Hall–Kier alpha value is -0.0400. The maximum absolute atomic E-state index is 6.16. The summed E-state index contributed by atoms with van der Waals surface area (Å²) in [6.45, 7) is 9.94.